The average molecular weight is 418 g/mol. The number of nitrogens with zero attached hydrogens (tertiary/aromatic N) is 1. The molecule has 0 bridgehead atoms. The average Bonchev–Trinajstić information content (AvgIpc) is 2.74. The summed E-state index contributed by atoms with van der Waals surface area (Å²) < 4.78 is 11.5. The Morgan fingerprint density at radius 1 is 1.20 bits per heavy atom. The SMILES string of the molecule is CC(C)NC(=O)C1CCN(C(=O)Nc2cccc(COCC3CCCCO3)c2)CC1. The Morgan fingerprint density at radius 3 is 2.70 bits per heavy atom. The van der Waals surface area contributed by atoms with Gasteiger partial charge in [-0.05, 0) is 63.6 Å². The van der Waals surface area contributed by atoms with Crippen molar-refractivity contribution in [1.82, 2.24) is 10.2 Å². The highest BCUT2D eigenvalue weighted by Gasteiger charge is 2.27. The van der Waals surface area contributed by atoms with Gasteiger partial charge in [0.25, 0.3) is 0 Å². The van der Waals surface area contributed by atoms with Gasteiger partial charge in [0, 0.05) is 37.3 Å². The third-order valence-corrected chi connectivity index (χ3v) is 5.61. The van der Waals surface area contributed by atoms with Crippen molar-refractivity contribution >= 4 is 17.6 Å². The maximum atomic E-state index is 12.6. The molecule has 2 saturated heterocycles. The molecule has 2 aliphatic rings. The summed E-state index contributed by atoms with van der Waals surface area (Å²) in [5.74, 6) is 0.0847. The van der Waals surface area contributed by atoms with E-state index in [9.17, 15) is 9.59 Å². The summed E-state index contributed by atoms with van der Waals surface area (Å²) in [5.41, 5.74) is 1.78. The van der Waals surface area contributed by atoms with Crippen LogP contribution >= 0.6 is 0 Å². The van der Waals surface area contributed by atoms with Crippen molar-refractivity contribution in [3.63, 3.8) is 0 Å². The van der Waals surface area contributed by atoms with E-state index < -0.39 is 0 Å². The van der Waals surface area contributed by atoms with Gasteiger partial charge in [0.05, 0.1) is 19.3 Å². The second kappa shape index (κ2) is 11.3. The van der Waals surface area contributed by atoms with E-state index in [1.807, 2.05) is 38.1 Å². The fraction of sp³-hybridized carbons (Fsp3) is 0.652. The van der Waals surface area contributed by atoms with Gasteiger partial charge in [-0.1, -0.05) is 12.1 Å². The molecule has 2 aliphatic heterocycles. The second-order valence-electron chi connectivity index (χ2n) is 8.56. The van der Waals surface area contributed by atoms with Gasteiger partial charge in [0.15, 0.2) is 0 Å². The van der Waals surface area contributed by atoms with Crippen LogP contribution in [0.5, 0.6) is 0 Å². The maximum absolute atomic E-state index is 12.6. The van der Waals surface area contributed by atoms with Crippen LogP contribution in [0.2, 0.25) is 0 Å². The van der Waals surface area contributed by atoms with Gasteiger partial charge in [-0.25, -0.2) is 4.79 Å². The Hall–Kier alpha value is -2.12. The van der Waals surface area contributed by atoms with Crippen LogP contribution in [0.1, 0.15) is 51.5 Å². The largest absolute Gasteiger partial charge is 0.376 e. The van der Waals surface area contributed by atoms with Crippen molar-refractivity contribution in [2.24, 2.45) is 5.92 Å². The number of piperidine rings is 1. The van der Waals surface area contributed by atoms with E-state index in [0.29, 0.717) is 39.1 Å². The number of anilines is 1. The Bertz CT molecular complexity index is 695. The minimum Gasteiger partial charge on any atom is -0.376 e. The van der Waals surface area contributed by atoms with Gasteiger partial charge in [-0.2, -0.15) is 0 Å². The number of likely N-dealkylation sites (tertiary alicyclic amines) is 1. The molecule has 0 saturated carbocycles. The van der Waals surface area contributed by atoms with Gasteiger partial charge in [-0.3, -0.25) is 4.79 Å². The topological polar surface area (TPSA) is 79.9 Å². The molecule has 1 atom stereocenters. The normalized spacial score (nSPS) is 20.2. The molecule has 3 rings (SSSR count). The molecular formula is C23H35N3O4. The van der Waals surface area contributed by atoms with Crippen LogP contribution in [0.4, 0.5) is 10.5 Å². The van der Waals surface area contributed by atoms with Gasteiger partial charge >= 0.3 is 6.03 Å². The van der Waals surface area contributed by atoms with E-state index in [4.69, 9.17) is 9.47 Å². The lowest BCUT2D eigenvalue weighted by molar-refractivity contribution is -0.126. The van der Waals surface area contributed by atoms with Gasteiger partial charge in [0.1, 0.15) is 0 Å². The molecule has 0 aliphatic carbocycles. The molecule has 30 heavy (non-hydrogen) atoms. The van der Waals surface area contributed by atoms with Crippen molar-refractivity contribution in [2.45, 2.75) is 64.7 Å². The summed E-state index contributed by atoms with van der Waals surface area (Å²) >= 11 is 0. The summed E-state index contributed by atoms with van der Waals surface area (Å²) in [4.78, 5) is 26.6. The Kier molecular flexibility index (Phi) is 8.51. The Labute approximate surface area is 179 Å². The van der Waals surface area contributed by atoms with E-state index in [2.05, 4.69) is 10.6 Å². The minimum atomic E-state index is -0.119. The van der Waals surface area contributed by atoms with Gasteiger partial charge in [-0.15, -0.1) is 0 Å². The van der Waals surface area contributed by atoms with Crippen LogP contribution in [0.3, 0.4) is 0 Å². The van der Waals surface area contributed by atoms with E-state index in [0.717, 1.165) is 30.7 Å². The zero-order valence-corrected chi connectivity index (χ0v) is 18.2. The summed E-state index contributed by atoms with van der Waals surface area (Å²) in [6, 6.07) is 7.78. The van der Waals surface area contributed by atoms with Crippen LogP contribution in [-0.2, 0) is 20.9 Å². The molecule has 7 heteroatoms. The zero-order chi connectivity index (χ0) is 21.3. The molecule has 0 aromatic heterocycles. The molecular weight excluding hydrogens is 382 g/mol. The molecule has 0 radical (unpaired) electrons. The van der Waals surface area contributed by atoms with Crippen molar-refractivity contribution in [3.05, 3.63) is 29.8 Å². The van der Waals surface area contributed by atoms with Crippen LogP contribution in [-0.4, -0.2) is 55.3 Å². The number of benzene rings is 1. The first-order chi connectivity index (χ1) is 14.5. The maximum Gasteiger partial charge on any atom is 0.321 e. The molecule has 2 fully saturated rings. The fourth-order valence-corrected chi connectivity index (χ4v) is 3.94. The molecule has 166 valence electrons. The monoisotopic (exact) mass is 417 g/mol. The molecule has 2 N–H and O–H groups in total. The van der Waals surface area contributed by atoms with Crippen LogP contribution < -0.4 is 10.6 Å². The highest BCUT2D eigenvalue weighted by molar-refractivity contribution is 5.89. The zero-order valence-electron chi connectivity index (χ0n) is 18.2. The molecule has 7 nitrogen and oxygen atoms in total. The summed E-state index contributed by atoms with van der Waals surface area (Å²) in [7, 11) is 0. The first-order valence-electron chi connectivity index (χ1n) is 11.2. The van der Waals surface area contributed by atoms with Crippen LogP contribution in [0.25, 0.3) is 0 Å². The number of hydrogen-bond donors (Lipinski definition) is 2. The second-order valence-corrected chi connectivity index (χ2v) is 8.56. The van der Waals surface area contributed by atoms with E-state index in [1.165, 1.54) is 6.42 Å². The number of rotatable bonds is 7. The number of nitrogens with one attached hydrogen (secondary N) is 2. The molecule has 1 unspecified atom stereocenters. The highest BCUT2D eigenvalue weighted by atomic mass is 16.5. The number of urea groups is 1. The number of carbonyl (C=O) groups is 2. The van der Waals surface area contributed by atoms with Crippen LogP contribution in [0, 0.1) is 5.92 Å². The highest BCUT2D eigenvalue weighted by Crippen LogP contribution is 2.20. The lowest BCUT2D eigenvalue weighted by atomic mass is 9.96. The lowest BCUT2D eigenvalue weighted by Gasteiger charge is -2.31. The lowest BCUT2D eigenvalue weighted by Crippen LogP contribution is -2.45. The molecule has 0 spiro atoms. The van der Waals surface area contributed by atoms with E-state index >= 15 is 0 Å². The predicted molar refractivity (Wildman–Crippen MR) is 116 cm³/mol. The number of ether oxygens (including phenoxy) is 2. The standard InChI is InChI=1S/C23H35N3O4/c1-17(2)24-22(27)19-9-11-26(12-10-19)23(28)25-20-7-5-6-18(14-20)15-29-16-21-8-3-4-13-30-21/h5-7,14,17,19,21H,3-4,8-13,15-16H2,1-2H3,(H,24,27)(H,25,28). The van der Waals surface area contributed by atoms with Crippen molar-refractivity contribution in [1.29, 1.82) is 0 Å². The molecule has 2 heterocycles. The smallest absolute Gasteiger partial charge is 0.321 e. The van der Waals surface area contributed by atoms with Crippen molar-refractivity contribution in [3.8, 4) is 0 Å². The first-order valence-corrected chi connectivity index (χ1v) is 11.2. The Morgan fingerprint density at radius 2 is 2.00 bits per heavy atom. The van der Waals surface area contributed by atoms with E-state index in [-0.39, 0.29) is 30.0 Å². The minimum absolute atomic E-state index is 0.00919. The van der Waals surface area contributed by atoms with Gasteiger partial charge < -0.3 is 25.0 Å². The Balaban J connectivity index is 1.42. The number of carbonyl (C=O) groups excluding carboxylic acids is 2. The summed E-state index contributed by atoms with van der Waals surface area (Å²) in [6.45, 7) is 7.04. The van der Waals surface area contributed by atoms with Crippen molar-refractivity contribution in [2.75, 3.05) is 31.6 Å². The predicted octanol–water partition coefficient (Wildman–Crippen LogP) is 3.54. The third-order valence-electron chi connectivity index (χ3n) is 5.61. The fourth-order valence-electron chi connectivity index (χ4n) is 3.94. The summed E-state index contributed by atoms with van der Waals surface area (Å²) in [5, 5.41) is 5.94. The summed E-state index contributed by atoms with van der Waals surface area (Å²) in [6.07, 6.45) is 5.00. The van der Waals surface area contributed by atoms with Crippen molar-refractivity contribution < 1.29 is 19.1 Å². The first kappa shape index (κ1) is 22.6. The van der Waals surface area contributed by atoms with Gasteiger partial charge in [0.2, 0.25) is 5.91 Å². The number of amides is 3. The molecule has 3 amide bonds. The third kappa shape index (κ3) is 6.99. The quantitative estimate of drug-likeness (QED) is 0.711. The van der Waals surface area contributed by atoms with Crippen LogP contribution in [0.15, 0.2) is 24.3 Å². The van der Waals surface area contributed by atoms with E-state index in [1.54, 1.807) is 4.90 Å². The molecule has 1 aromatic carbocycles. The molecule has 1 aromatic rings. The number of hydrogen-bond acceptors (Lipinski definition) is 4.